The van der Waals surface area contributed by atoms with Crippen molar-refractivity contribution >= 4 is 0 Å². The first-order valence-electron chi connectivity index (χ1n) is 4.03. The molecule has 0 aliphatic rings. The average Bonchev–Trinajstić information content (AvgIpc) is 1.82. The number of alkyl halides is 5. The SMILES string of the molecule is CC(C)CC(C)C(F)(F)C(F)(F)F. The van der Waals surface area contributed by atoms with Crippen LogP contribution in [0.1, 0.15) is 27.2 Å². The molecule has 0 radical (unpaired) electrons. The number of halogens is 5. The van der Waals surface area contributed by atoms with E-state index in [1.54, 1.807) is 13.8 Å². The lowest BCUT2D eigenvalue weighted by Crippen LogP contribution is -2.42. The van der Waals surface area contributed by atoms with Crippen LogP contribution in [0.3, 0.4) is 0 Å². The summed E-state index contributed by atoms with van der Waals surface area (Å²) in [5.74, 6) is -6.40. The summed E-state index contributed by atoms with van der Waals surface area (Å²) >= 11 is 0. The molecule has 0 aromatic carbocycles. The topological polar surface area (TPSA) is 0 Å². The molecule has 0 aliphatic carbocycles. The van der Waals surface area contributed by atoms with E-state index in [9.17, 15) is 22.0 Å². The number of hydrogen-bond donors (Lipinski definition) is 0. The summed E-state index contributed by atoms with van der Waals surface area (Å²) in [4.78, 5) is 0. The first-order valence-corrected chi connectivity index (χ1v) is 4.03. The van der Waals surface area contributed by atoms with E-state index in [2.05, 4.69) is 0 Å². The second kappa shape index (κ2) is 3.80. The Kier molecular flexibility index (Phi) is 3.70. The summed E-state index contributed by atoms with van der Waals surface area (Å²) in [6.45, 7) is 4.15. The minimum absolute atomic E-state index is 0.132. The Balaban J connectivity index is 4.45. The largest absolute Gasteiger partial charge is 0.453 e. The third-order valence-electron chi connectivity index (χ3n) is 1.82. The summed E-state index contributed by atoms with van der Waals surface area (Å²) in [7, 11) is 0. The van der Waals surface area contributed by atoms with Crippen LogP contribution in [0.25, 0.3) is 0 Å². The average molecular weight is 204 g/mol. The highest BCUT2D eigenvalue weighted by atomic mass is 19.4. The molecule has 0 bridgehead atoms. The summed E-state index contributed by atoms with van der Waals surface area (Å²) < 4.78 is 60.5. The molecular weight excluding hydrogens is 191 g/mol. The molecule has 0 saturated heterocycles. The molecule has 13 heavy (non-hydrogen) atoms. The first kappa shape index (κ1) is 12.7. The Labute approximate surface area is 74.1 Å². The highest BCUT2D eigenvalue weighted by molar-refractivity contribution is 4.81. The third-order valence-corrected chi connectivity index (χ3v) is 1.82. The van der Waals surface area contributed by atoms with Crippen molar-refractivity contribution in [3.05, 3.63) is 0 Å². The number of rotatable bonds is 3. The molecule has 0 N–H and O–H groups in total. The van der Waals surface area contributed by atoms with Crippen molar-refractivity contribution in [2.75, 3.05) is 0 Å². The van der Waals surface area contributed by atoms with Gasteiger partial charge in [0.1, 0.15) is 0 Å². The Hall–Kier alpha value is -0.350. The lowest BCUT2D eigenvalue weighted by atomic mass is 9.93. The highest BCUT2D eigenvalue weighted by Crippen LogP contribution is 2.43. The van der Waals surface area contributed by atoms with E-state index < -0.39 is 18.0 Å². The van der Waals surface area contributed by atoms with Crippen LogP contribution < -0.4 is 0 Å². The minimum Gasteiger partial charge on any atom is -0.196 e. The van der Waals surface area contributed by atoms with Gasteiger partial charge in [0, 0.05) is 5.92 Å². The molecule has 5 heteroatoms. The van der Waals surface area contributed by atoms with Crippen LogP contribution in [-0.4, -0.2) is 12.1 Å². The Morgan fingerprint density at radius 3 is 1.54 bits per heavy atom. The molecule has 1 atom stereocenters. The second-order valence-corrected chi connectivity index (χ2v) is 3.65. The van der Waals surface area contributed by atoms with Crippen LogP contribution in [0.15, 0.2) is 0 Å². The molecule has 0 aromatic rings. The molecule has 0 amide bonds. The maximum Gasteiger partial charge on any atom is 0.453 e. The predicted octanol–water partition coefficient (Wildman–Crippen LogP) is 3.87. The van der Waals surface area contributed by atoms with Gasteiger partial charge in [0.15, 0.2) is 0 Å². The molecule has 0 fully saturated rings. The van der Waals surface area contributed by atoms with Crippen molar-refractivity contribution in [2.45, 2.75) is 39.3 Å². The van der Waals surface area contributed by atoms with Gasteiger partial charge in [-0.3, -0.25) is 0 Å². The zero-order chi connectivity index (χ0) is 10.9. The van der Waals surface area contributed by atoms with Crippen molar-refractivity contribution in [1.29, 1.82) is 0 Å². The van der Waals surface area contributed by atoms with E-state index in [0.717, 1.165) is 6.92 Å². The summed E-state index contributed by atoms with van der Waals surface area (Å²) in [5, 5.41) is 0. The molecule has 0 saturated carbocycles. The Morgan fingerprint density at radius 2 is 1.31 bits per heavy atom. The molecular formula is C8H13F5. The first-order chi connectivity index (χ1) is 5.59. The standard InChI is InChI=1S/C8H13F5/c1-5(2)4-6(3)7(9,10)8(11,12)13/h5-6H,4H2,1-3H3. The molecule has 0 rings (SSSR count). The van der Waals surface area contributed by atoms with E-state index in [4.69, 9.17) is 0 Å². The lowest BCUT2D eigenvalue weighted by Gasteiger charge is -2.26. The normalized spacial score (nSPS) is 16.4. The number of hydrogen-bond acceptors (Lipinski definition) is 0. The smallest absolute Gasteiger partial charge is 0.196 e. The van der Waals surface area contributed by atoms with Crippen LogP contribution in [0.2, 0.25) is 0 Å². The van der Waals surface area contributed by atoms with E-state index >= 15 is 0 Å². The highest BCUT2D eigenvalue weighted by Gasteiger charge is 2.60. The van der Waals surface area contributed by atoms with Gasteiger partial charge in [-0.1, -0.05) is 20.8 Å². The van der Waals surface area contributed by atoms with Crippen molar-refractivity contribution < 1.29 is 22.0 Å². The van der Waals surface area contributed by atoms with Gasteiger partial charge in [-0.2, -0.15) is 22.0 Å². The molecule has 0 heterocycles. The van der Waals surface area contributed by atoms with Gasteiger partial charge in [0.25, 0.3) is 0 Å². The molecule has 0 aromatic heterocycles. The van der Waals surface area contributed by atoms with Crippen molar-refractivity contribution in [3.8, 4) is 0 Å². The fourth-order valence-corrected chi connectivity index (χ4v) is 1.13. The second-order valence-electron chi connectivity index (χ2n) is 3.65. The van der Waals surface area contributed by atoms with Crippen LogP contribution in [-0.2, 0) is 0 Å². The van der Waals surface area contributed by atoms with Gasteiger partial charge < -0.3 is 0 Å². The zero-order valence-corrected chi connectivity index (χ0v) is 7.75. The zero-order valence-electron chi connectivity index (χ0n) is 7.75. The molecule has 0 nitrogen and oxygen atoms in total. The minimum atomic E-state index is -5.43. The maximum absolute atomic E-state index is 12.6. The Bertz CT molecular complexity index is 158. The van der Waals surface area contributed by atoms with Crippen LogP contribution in [0.4, 0.5) is 22.0 Å². The van der Waals surface area contributed by atoms with Crippen molar-refractivity contribution in [3.63, 3.8) is 0 Å². The predicted molar refractivity (Wildman–Crippen MR) is 39.6 cm³/mol. The van der Waals surface area contributed by atoms with Gasteiger partial charge in [0.05, 0.1) is 0 Å². The van der Waals surface area contributed by atoms with E-state index in [1.807, 2.05) is 0 Å². The Morgan fingerprint density at radius 1 is 0.923 bits per heavy atom. The summed E-state index contributed by atoms with van der Waals surface area (Å²) in [5.41, 5.74) is 0. The fraction of sp³-hybridized carbons (Fsp3) is 1.00. The molecule has 0 spiro atoms. The summed E-state index contributed by atoms with van der Waals surface area (Å²) in [6.07, 6.45) is -5.56. The van der Waals surface area contributed by atoms with E-state index in [1.165, 1.54) is 0 Å². The molecule has 0 aliphatic heterocycles. The third kappa shape index (κ3) is 3.12. The summed E-state index contributed by atoms with van der Waals surface area (Å²) in [6, 6.07) is 0. The van der Waals surface area contributed by atoms with Crippen LogP contribution in [0, 0.1) is 11.8 Å². The molecule has 1 unspecified atom stereocenters. The van der Waals surface area contributed by atoms with Gasteiger partial charge in [0.2, 0.25) is 0 Å². The van der Waals surface area contributed by atoms with Gasteiger partial charge in [-0.15, -0.1) is 0 Å². The van der Waals surface area contributed by atoms with Crippen LogP contribution >= 0.6 is 0 Å². The lowest BCUT2D eigenvalue weighted by molar-refractivity contribution is -0.301. The van der Waals surface area contributed by atoms with Crippen molar-refractivity contribution in [1.82, 2.24) is 0 Å². The van der Waals surface area contributed by atoms with E-state index in [-0.39, 0.29) is 12.3 Å². The van der Waals surface area contributed by atoms with Crippen molar-refractivity contribution in [2.24, 2.45) is 11.8 Å². The fourth-order valence-electron chi connectivity index (χ4n) is 1.13. The van der Waals surface area contributed by atoms with Gasteiger partial charge >= 0.3 is 12.1 Å². The quantitative estimate of drug-likeness (QED) is 0.612. The maximum atomic E-state index is 12.6. The molecule has 80 valence electrons. The van der Waals surface area contributed by atoms with E-state index in [0.29, 0.717) is 0 Å². The van der Waals surface area contributed by atoms with Gasteiger partial charge in [-0.25, -0.2) is 0 Å². The monoisotopic (exact) mass is 204 g/mol. The van der Waals surface area contributed by atoms with Gasteiger partial charge in [-0.05, 0) is 12.3 Å². The van der Waals surface area contributed by atoms with Crippen LogP contribution in [0.5, 0.6) is 0 Å².